The number of hydrogen-bond acceptors (Lipinski definition) is 8. The van der Waals surface area contributed by atoms with E-state index in [1.54, 1.807) is 4.90 Å². The van der Waals surface area contributed by atoms with Gasteiger partial charge in [-0.15, -0.1) is 0 Å². The number of carbonyl (C=O) groups is 1. The minimum absolute atomic E-state index is 0.0140. The van der Waals surface area contributed by atoms with Crippen LogP contribution in [0.4, 0.5) is 10.7 Å². The average Bonchev–Trinajstić information content (AvgIpc) is 3.58. The molecule has 212 valence electrons. The van der Waals surface area contributed by atoms with Gasteiger partial charge < -0.3 is 29.2 Å². The minimum atomic E-state index is -0.508. The van der Waals surface area contributed by atoms with Gasteiger partial charge in [-0.2, -0.15) is 4.98 Å². The first kappa shape index (κ1) is 27.5. The molecule has 1 amide bonds. The van der Waals surface area contributed by atoms with Crippen LogP contribution in [-0.4, -0.2) is 71.1 Å². The fraction of sp³-hybridized carbons (Fsp3) is 0.633. The Bertz CT molecular complexity index is 1110. The Hall–Kier alpha value is -3.07. The zero-order chi connectivity index (χ0) is 27.4. The summed E-state index contributed by atoms with van der Waals surface area (Å²) in [6.45, 7) is 10.4. The van der Waals surface area contributed by atoms with Crippen LogP contribution in [0.1, 0.15) is 66.2 Å². The lowest BCUT2D eigenvalue weighted by Gasteiger charge is -2.27. The first-order valence-electron chi connectivity index (χ1n) is 14.3. The van der Waals surface area contributed by atoms with E-state index >= 15 is 0 Å². The van der Waals surface area contributed by atoms with Crippen molar-refractivity contribution in [2.45, 2.75) is 90.1 Å². The fourth-order valence-electron chi connectivity index (χ4n) is 5.30. The topological polar surface area (TPSA) is 95.0 Å². The summed E-state index contributed by atoms with van der Waals surface area (Å²) < 4.78 is 23.5. The second-order valence-electron chi connectivity index (χ2n) is 12.1. The molecule has 1 N–H and O–H groups in total. The summed E-state index contributed by atoms with van der Waals surface area (Å²) in [5.41, 5.74) is 1.29. The molecule has 1 aliphatic carbocycles. The number of benzene rings is 1. The summed E-state index contributed by atoms with van der Waals surface area (Å²) in [5, 5.41) is 3.53. The van der Waals surface area contributed by atoms with Crippen molar-refractivity contribution >= 4 is 12.0 Å². The molecule has 2 atom stereocenters. The Morgan fingerprint density at radius 3 is 2.49 bits per heavy atom. The number of amides is 1. The molecule has 0 spiro atoms. The zero-order valence-corrected chi connectivity index (χ0v) is 23.7. The molecule has 0 bridgehead atoms. The molecular weight excluding hydrogens is 496 g/mol. The van der Waals surface area contributed by atoms with E-state index in [9.17, 15) is 4.79 Å². The zero-order valence-electron chi connectivity index (χ0n) is 23.7. The van der Waals surface area contributed by atoms with Crippen molar-refractivity contribution in [2.24, 2.45) is 5.92 Å². The van der Waals surface area contributed by atoms with Gasteiger partial charge in [-0.05, 0) is 70.1 Å². The highest BCUT2D eigenvalue weighted by molar-refractivity contribution is 5.69. The maximum absolute atomic E-state index is 12.4. The Balaban J connectivity index is 1.25. The smallest absolute Gasteiger partial charge is 0.410 e. The molecule has 1 aromatic heterocycles. The number of rotatable bonds is 7. The standard InChI is InChI=1S/C30H42N4O5/c1-20-5-9-22(10-6-20)32-28-31-17-26(27(33-28)38-25-14-16-36-19-25)21-7-11-23(12-8-21)37-24-13-15-34(18-24)29(35)39-30(2,3)4/h7-8,11-12,17,20,22,24-25H,5-6,9-10,13-16,18-19H2,1-4H3,(H,31,32,33). The summed E-state index contributed by atoms with van der Waals surface area (Å²) in [7, 11) is 0. The Morgan fingerprint density at radius 2 is 1.79 bits per heavy atom. The normalized spacial score (nSPS) is 25.4. The molecule has 2 aromatic rings. The van der Waals surface area contributed by atoms with Crippen LogP contribution in [0, 0.1) is 5.92 Å². The van der Waals surface area contributed by atoms with Crippen molar-refractivity contribution in [3.05, 3.63) is 30.5 Å². The predicted octanol–water partition coefficient (Wildman–Crippen LogP) is 5.69. The van der Waals surface area contributed by atoms with Crippen molar-refractivity contribution in [1.29, 1.82) is 0 Å². The van der Waals surface area contributed by atoms with Crippen molar-refractivity contribution in [3.8, 4) is 22.8 Å². The number of carbonyl (C=O) groups excluding carboxylic acids is 1. The number of likely N-dealkylation sites (tertiary alicyclic amines) is 1. The molecule has 2 saturated heterocycles. The molecule has 39 heavy (non-hydrogen) atoms. The number of anilines is 1. The summed E-state index contributed by atoms with van der Waals surface area (Å²) in [5.74, 6) is 2.73. The van der Waals surface area contributed by atoms with Gasteiger partial charge in [0.25, 0.3) is 0 Å². The first-order valence-corrected chi connectivity index (χ1v) is 14.3. The van der Waals surface area contributed by atoms with Gasteiger partial charge in [-0.25, -0.2) is 9.78 Å². The van der Waals surface area contributed by atoms with E-state index in [2.05, 4.69) is 17.2 Å². The van der Waals surface area contributed by atoms with Crippen LogP contribution in [-0.2, 0) is 9.47 Å². The van der Waals surface area contributed by atoms with E-state index in [0.717, 1.165) is 48.5 Å². The van der Waals surface area contributed by atoms with Gasteiger partial charge in [0.15, 0.2) is 0 Å². The number of nitrogens with zero attached hydrogens (tertiary/aromatic N) is 3. The van der Waals surface area contributed by atoms with Gasteiger partial charge in [0.05, 0.1) is 25.3 Å². The van der Waals surface area contributed by atoms with E-state index < -0.39 is 5.60 Å². The molecule has 0 radical (unpaired) electrons. The maximum Gasteiger partial charge on any atom is 0.410 e. The monoisotopic (exact) mass is 538 g/mol. The van der Waals surface area contributed by atoms with Gasteiger partial charge >= 0.3 is 6.09 Å². The van der Waals surface area contributed by atoms with Crippen LogP contribution in [0.3, 0.4) is 0 Å². The van der Waals surface area contributed by atoms with Crippen molar-refractivity contribution in [3.63, 3.8) is 0 Å². The van der Waals surface area contributed by atoms with Crippen LogP contribution < -0.4 is 14.8 Å². The van der Waals surface area contributed by atoms with E-state index in [1.165, 1.54) is 12.8 Å². The molecule has 5 rings (SSSR count). The third kappa shape index (κ3) is 7.53. The second-order valence-corrected chi connectivity index (χ2v) is 12.1. The highest BCUT2D eigenvalue weighted by atomic mass is 16.6. The summed E-state index contributed by atoms with van der Waals surface area (Å²) in [6, 6.07) is 8.30. The average molecular weight is 539 g/mol. The quantitative estimate of drug-likeness (QED) is 0.480. The van der Waals surface area contributed by atoms with Crippen molar-refractivity contribution in [1.82, 2.24) is 14.9 Å². The van der Waals surface area contributed by atoms with E-state index in [4.69, 9.17) is 23.9 Å². The third-order valence-electron chi connectivity index (χ3n) is 7.53. The lowest BCUT2D eigenvalue weighted by atomic mass is 9.87. The number of nitrogens with one attached hydrogen (secondary N) is 1. The number of aromatic nitrogens is 2. The van der Waals surface area contributed by atoms with Gasteiger partial charge in [0.2, 0.25) is 11.8 Å². The summed E-state index contributed by atoms with van der Waals surface area (Å²) in [6.07, 6.45) is 7.82. The van der Waals surface area contributed by atoms with E-state index in [1.807, 2.05) is 51.2 Å². The maximum atomic E-state index is 12.4. The lowest BCUT2D eigenvalue weighted by Crippen LogP contribution is -2.36. The molecule has 1 saturated carbocycles. The van der Waals surface area contributed by atoms with E-state index in [0.29, 0.717) is 44.2 Å². The van der Waals surface area contributed by atoms with Crippen LogP contribution in [0.2, 0.25) is 0 Å². The van der Waals surface area contributed by atoms with Gasteiger partial charge in [-0.1, -0.05) is 19.1 Å². The van der Waals surface area contributed by atoms with Crippen molar-refractivity contribution < 1.29 is 23.7 Å². The number of ether oxygens (including phenoxy) is 4. The molecule has 1 aromatic carbocycles. The Labute approximate surface area is 231 Å². The van der Waals surface area contributed by atoms with Crippen LogP contribution in [0.15, 0.2) is 30.5 Å². The molecule has 9 nitrogen and oxygen atoms in total. The lowest BCUT2D eigenvalue weighted by molar-refractivity contribution is 0.0275. The van der Waals surface area contributed by atoms with Crippen LogP contribution in [0.5, 0.6) is 11.6 Å². The SMILES string of the molecule is CC1CCC(Nc2ncc(-c3ccc(OC4CCN(C(=O)OC(C)(C)C)C4)cc3)c(OC3CCOC3)n2)CC1. The molecule has 3 fully saturated rings. The van der Waals surface area contributed by atoms with Gasteiger partial charge in [0.1, 0.15) is 23.6 Å². The third-order valence-corrected chi connectivity index (χ3v) is 7.53. The first-order chi connectivity index (χ1) is 18.7. The Kier molecular flexibility index (Phi) is 8.45. The number of hydrogen-bond donors (Lipinski definition) is 1. The predicted molar refractivity (Wildman–Crippen MR) is 149 cm³/mol. The van der Waals surface area contributed by atoms with Gasteiger partial charge in [0, 0.05) is 31.6 Å². The molecule has 9 heteroatoms. The molecule has 3 heterocycles. The largest absolute Gasteiger partial charge is 0.489 e. The van der Waals surface area contributed by atoms with E-state index in [-0.39, 0.29) is 18.3 Å². The molecule has 3 aliphatic rings. The summed E-state index contributed by atoms with van der Waals surface area (Å²) >= 11 is 0. The van der Waals surface area contributed by atoms with Gasteiger partial charge in [-0.3, -0.25) is 0 Å². The van der Waals surface area contributed by atoms with Crippen LogP contribution in [0.25, 0.3) is 11.1 Å². The summed E-state index contributed by atoms with van der Waals surface area (Å²) in [4.78, 5) is 23.5. The molecular formula is C30H42N4O5. The fourth-order valence-corrected chi connectivity index (χ4v) is 5.30. The molecule has 2 aliphatic heterocycles. The Morgan fingerprint density at radius 1 is 1.03 bits per heavy atom. The van der Waals surface area contributed by atoms with Crippen LogP contribution >= 0.6 is 0 Å². The van der Waals surface area contributed by atoms with Crippen molar-refractivity contribution in [2.75, 3.05) is 31.6 Å². The highest BCUT2D eigenvalue weighted by Gasteiger charge is 2.31. The molecule has 2 unspecified atom stereocenters. The second kappa shape index (κ2) is 12.0. The highest BCUT2D eigenvalue weighted by Crippen LogP contribution is 2.33. The minimum Gasteiger partial charge on any atom is -0.489 e.